The van der Waals surface area contributed by atoms with Crippen LogP contribution in [0, 0.1) is 0 Å². The van der Waals surface area contributed by atoms with Gasteiger partial charge in [0.05, 0.1) is 17.4 Å². The molecule has 0 aliphatic rings. The summed E-state index contributed by atoms with van der Waals surface area (Å²) in [4.78, 5) is 4.32. The molecule has 0 unspecified atom stereocenters. The number of rotatable bonds is 3. The van der Waals surface area contributed by atoms with Gasteiger partial charge in [-0.05, 0) is 29.8 Å². The van der Waals surface area contributed by atoms with Gasteiger partial charge in [0.15, 0.2) is 0 Å². The number of fused-ring (bicyclic) bond motifs is 1. The third kappa shape index (κ3) is 2.86. The number of benzene rings is 2. The Kier molecular flexibility index (Phi) is 3.74. The number of hydrazone groups is 1. The van der Waals surface area contributed by atoms with E-state index in [1.165, 1.54) is 0 Å². The van der Waals surface area contributed by atoms with Crippen molar-refractivity contribution in [3.05, 3.63) is 70.8 Å². The summed E-state index contributed by atoms with van der Waals surface area (Å²) in [6.07, 6.45) is 3.57. The maximum absolute atomic E-state index is 4.32. The third-order valence-corrected chi connectivity index (χ3v) is 3.39. The van der Waals surface area contributed by atoms with Crippen molar-refractivity contribution in [2.45, 2.75) is 0 Å². The van der Waals surface area contributed by atoms with Gasteiger partial charge < -0.3 is 0 Å². The first-order valence-electron chi connectivity index (χ1n) is 6.21. The van der Waals surface area contributed by atoms with Crippen molar-refractivity contribution < 1.29 is 0 Å². The predicted octanol–water partition coefficient (Wildman–Crippen LogP) is 4.44. The molecule has 0 radical (unpaired) electrons. The molecule has 1 N–H and O–H groups in total. The quantitative estimate of drug-likeness (QED) is 0.570. The smallest absolute Gasteiger partial charge is 0.0723 e. The number of anilines is 1. The average Bonchev–Trinajstić information content (AvgIpc) is 2.48. The Morgan fingerprint density at radius 2 is 1.95 bits per heavy atom. The molecule has 20 heavy (non-hydrogen) atoms. The van der Waals surface area contributed by atoms with Crippen molar-refractivity contribution in [3.63, 3.8) is 0 Å². The van der Waals surface area contributed by atoms with E-state index in [0.717, 1.165) is 26.6 Å². The first-order valence-corrected chi connectivity index (χ1v) is 7.00. The Morgan fingerprint density at radius 3 is 2.85 bits per heavy atom. The summed E-state index contributed by atoms with van der Waals surface area (Å²) in [6, 6.07) is 17.9. The van der Waals surface area contributed by atoms with Crippen LogP contribution in [0.1, 0.15) is 5.56 Å². The number of hydrogen-bond acceptors (Lipinski definition) is 3. The summed E-state index contributed by atoms with van der Waals surface area (Å²) in [5.74, 6) is 0. The number of nitrogens with zero attached hydrogens (tertiary/aromatic N) is 2. The van der Waals surface area contributed by atoms with Crippen LogP contribution in [-0.2, 0) is 0 Å². The lowest BCUT2D eigenvalue weighted by atomic mass is 10.2. The van der Waals surface area contributed by atoms with Crippen molar-refractivity contribution >= 4 is 38.7 Å². The first-order chi connectivity index (χ1) is 9.83. The summed E-state index contributed by atoms with van der Waals surface area (Å²) in [5.41, 5.74) is 6.00. The Bertz CT molecular complexity index is 763. The molecule has 2 aromatic carbocycles. The lowest BCUT2D eigenvalue weighted by Gasteiger charge is -2.04. The molecule has 0 atom stereocenters. The van der Waals surface area contributed by atoms with Gasteiger partial charge in [-0.1, -0.05) is 46.3 Å². The minimum Gasteiger partial charge on any atom is -0.278 e. The summed E-state index contributed by atoms with van der Waals surface area (Å²) >= 11 is 3.44. The van der Waals surface area contributed by atoms with Gasteiger partial charge in [0.1, 0.15) is 0 Å². The van der Waals surface area contributed by atoms with Crippen molar-refractivity contribution in [1.29, 1.82) is 0 Å². The van der Waals surface area contributed by atoms with Gasteiger partial charge in [-0.2, -0.15) is 5.10 Å². The normalized spacial score (nSPS) is 11.1. The van der Waals surface area contributed by atoms with Crippen LogP contribution < -0.4 is 5.43 Å². The van der Waals surface area contributed by atoms with Gasteiger partial charge in [0.25, 0.3) is 0 Å². The molecule has 0 saturated heterocycles. The Hall–Kier alpha value is -2.20. The van der Waals surface area contributed by atoms with Crippen LogP contribution in [0.3, 0.4) is 0 Å². The first kappa shape index (κ1) is 12.8. The van der Waals surface area contributed by atoms with E-state index in [0.29, 0.717) is 0 Å². The van der Waals surface area contributed by atoms with Gasteiger partial charge in [-0.25, -0.2) is 0 Å². The molecular weight excluding hydrogens is 314 g/mol. The number of hydrogen-bond donors (Lipinski definition) is 1. The van der Waals surface area contributed by atoms with Crippen molar-refractivity contribution in [1.82, 2.24) is 4.98 Å². The van der Waals surface area contributed by atoms with E-state index >= 15 is 0 Å². The fourth-order valence-corrected chi connectivity index (χ4v) is 2.37. The zero-order chi connectivity index (χ0) is 13.8. The van der Waals surface area contributed by atoms with Gasteiger partial charge in [-0.3, -0.25) is 10.4 Å². The van der Waals surface area contributed by atoms with E-state index in [2.05, 4.69) is 31.4 Å². The maximum Gasteiger partial charge on any atom is 0.0723 e. The highest BCUT2D eigenvalue weighted by atomic mass is 79.9. The number of nitrogens with one attached hydrogen (secondary N) is 1. The molecule has 0 saturated carbocycles. The van der Waals surface area contributed by atoms with Gasteiger partial charge in [0, 0.05) is 16.1 Å². The molecule has 3 aromatic rings. The molecule has 1 heterocycles. The second kappa shape index (κ2) is 5.84. The molecular formula is C16H12BrN3. The Morgan fingerprint density at radius 1 is 1.05 bits per heavy atom. The van der Waals surface area contributed by atoms with Crippen LogP contribution in [0.4, 0.5) is 5.69 Å². The molecule has 1 aromatic heterocycles. The summed E-state index contributed by atoms with van der Waals surface area (Å²) in [7, 11) is 0. The number of para-hydroxylation sites is 1. The van der Waals surface area contributed by atoms with Crippen LogP contribution in [-0.4, -0.2) is 11.2 Å². The van der Waals surface area contributed by atoms with Crippen LogP contribution in [0.2, 0.25) is 0 Å². The molecule has 3 nitrogen and oxygen atoms in total. The third-order valence-electron chi connectivity index (χ3n) is 2.90. The zero-order valence-corrected chi connectivity index (χ0v) is 12.2. The van der Waals surface area contributed by atoms with Gasteiger partial charge in [-0.15, -0.1) is 0 Å². The Balaban J connectivity index is 1.84. The maximum atomic E-state index is 4.32. The van der Waals surface area contributed by atoms with Crippen LogP contribution in [0.5, 0.6) is 0 Å². The van der Waals surface area contributed by atoms with Crippen molar-refractivity contribution in [2.24, 2.45) is 5.10 Å². The number of aromatic nitrogens is 1. The van der Waals surface area contributed by atoms with Crippen LogP contribution in [0.15, 0.2) is 70.4 Å². The van der Waals surface area contributed by atoms with E-state index in [-0.39, 0.29) is 0 Å². The van der Waals surface area contributed by atoms with Crippen molar-refractivity contribution in [3.8, 4) is 0 Å². The molecule has 4 heteroatoms. The molecule has 3 rings (SSSR count). The molecule has 0 aliphatic carbocycles. The second-order valence-corrected chi connectivity index (χ2v) is 5.22. The van der Waals surface area contributed by atoms with Crippen LogP contribution in [0.25, 0.3) is 10.9 Å². The summed E-state index contributed by atoms with van der Waals surface area (Å²) in [6.45, 7) is 0. The highest BCUT2D eigenvalue weighted by Crippen LogP contribution is 2.20. The zero-order valence-electron chi connectivity index (χ0n) is 10.6. The minimum atomic E-state index is 0.946. The van der Waals surface area contributed by atoms with Crippen LogP contribution >= 0.6 is 15.9 Å². The van der Waals surface area contributed by atoms with E-state index in [4.69, 9.17) is 0 Å². The molecule has 0 aliphatic heterocycles. The van der Waals surface area contributed by atoms with E-state index in [1.54, 1.807) is 12.4 Å². The van der Waals surface area contributed by atoms with Gasteiger partial charge >= 0.3 is 0 Å². The SMILES string of the molecule is Brc1cccc(C=NNc2ccnc3ccccc23)c1. The molecule has 0 fully saturated rings. The molecule has 98 valence electrons. The predicted molar refractivity (Wildman–Crippen MR) is 87.1 cm³/mol. The standard InChI is InChI=1S/C16H12BrN3/c17-13-5-3-4-12(10-13)11-19-20-16-8-9-18-15-7-2-1-6-14(15)16/h1-11H,(H,18,20). The molecule has 0 spiro atoms. The lowest BCUT2D eigenvalue weighted by molar-refractivity contribution is 1.33. The molecule has 0 bridgehead atoms. The van der Waals surface area contributed by atoms with E-state index < -0.39 is 0 Å². The van der Waals surface area contributed by atoms with Gasteiger partial charge in [0.2, 0.25) is 0 Å². The largest absolute Gasteiger partial charge is 0.278 e. The topological polar surface area (TPSA) is 37.3 Å². The Labute approximate surface area is 125 Å². The highest BCUT2D eigenvalue weighted by Gasteiger charge is 1.98. The average molecular weight is 326 g/mol. The fraction of sp³-hybridized carbons (Fsp3) is 0. The number of halogens is 1. The second-order valence-electron chi connectivity index (χ2n) is 4.30. The molecule has 0 amide bonds. The summed E-state index contributed by atoms with van der Waals surface area (Å²) < 4.78 is 1.04. The summed E-state index contributed by atoms with van der Waals surface area (Å²) in [5, 5.41) is 5.34. The van der Waals surface area contributed by atoms with E-state index in [9.17, 15) is 0 Å². The van der Waals surface area contributed by atoms with Crippen molar-refractivity contribution in [2.75, 3.05) is 5.43 Å². The fourth-order valence-electron chi connectivity index (χ4n) is 1.96. The number of pyridine rings is 1. The lowest BCUT2D eigenvalue weighted by Crippen LogP contribution is -1.92. The van der Waals surface area contributed by atoms with E-state index in [1.807, 2.05) is 54.6 Å². The minimum absolute atomic E-state index is 0.946. The monoisotopic (exact) mass is 325 g/mol. The highest BCUT2D eigenvalue weighted by molar-refractivity contribution is 9.10.